The van der Waals surface area contributed by atoms with E-state index in [1.54, 1.807) is 0 Å². The van der Waals surface area contributed by atoms with Crippen LogP contribution in [0.1, 0.15) is 34.8 Å². The molecule has 2 heterocycles. The van der Waals surface area contributed by atoms with E-state index in [1.165, 1.54) is 0 Å². The molecule has 1 aliphatic carbocycles. The number of amides is 1. The summed E-state index contributed by atoms with van der Waals surface area (Å²) < 4.78 is 2.16. The lowest BCUT2D eigenvalue weighted by Crippen LogP contribution is -2.33. The van der Waals surface area contributed by atoms with Gasteiger partial charge in [0.2, 0.25) is 0 Å². The van der Waals surface area contributed by atoms with Gasteiger partial charge in [-0.1, -0.05) is 30.3 Å². The number of hydrogen-bond acceptors (Lipinski definition) is 3. The summed E-state index contributed by atoms with van der Waals surface area (Å²) in [5.74, 6) is 1.62. The van der Waals surface area contributed by atoms with Gasteiger partial charge in [-0.15, -0.1) is 0 Å². The summed E-state index contributed by atoms with van der Waals surface area (Å²) in [6.45, 7) is 5.45. The fraction of sp³-hybridized carbons (Fsp3) is 0.350. The number of aryl methyl sites for hydroxylation is 2. The van der Waals surface area contributed by atoms with Crippen molar-refractivity contribution in [3.05, 3.63) is 59.9 Å². The molecule has 6 nitrogen and oxygen atoms in total. The molecule has 1 amide bonds. The monoisotopic (exact) mass is 349 g/mol. The van der Waals surface area contributed by atoms with Crippen LogP contribution in [0.15, 0.2) is 42.7 Å². The molecule has 0 bridgehead atoms. The first-order chi connectivity index (χ1) is 12.6. The molecule has 1 fully saturated rings. The maximum atomic E-state index is 12.6. The first kappa shape index (κ1) is 16.6. The number of rotatable bonds is 6. The number of carbonyl (C=O) groups is 1. The van der Waals surface area contributed by atoms with Gasteiger partial charge in [0.15, 0.2) is 0 Å². The van der Waals surface area contributed by atoms with Crippen LogP contribution < -0.4 is 5.32 Å². The number of aromatic amines is 1. The van der Waals surface area contributed by atoms with Crippen LogP contribution >= 0.6 is 0 Å². The number of aromatic nitrogens is 4. The number of hydrogen-bond donors (Lipinski definition) is 2. The largest absolute Gasteiger partial charge is 0.350 e. The topological polar surface area (TPSA) is 75.6 Å². The molecule has 0 atom stereocenters. The molecule has 0 aliphatic heterocycles. The van der Waals surface area contributed by atoms with E-state index in [0.717, 1.165) is 42.3 Å². The molecule has 0 spiro atoms. The van der Waals surface area contributed by atoms with Gasteiger partial charge >= 0.3 is 0 Å². The van der Waals surface area contributed by atoms with Crippen LogP contribution in [0.2, 0.25) is 0 Å². The van der Waals surface area contributed by atoms with Crippen molar-refractivity contribution in [1.29, 1.82) is 0 Å². The fourth-order valence-corrected chi connectivity index (χ4v) is 3.27. The van der Waals surface area contributed by atoms with Crippen LogP contribution in [0.5, 0.6) is 0 Å². The summed E-state index contributed by atoms with van der Waals surface area (Å²) in [7, 11) is 0. The van der Waals surface area contributed by atoms with Gasteiger partial charge < -0.3 is 14.9 Å². The Hall–Kier alpha value is -2.89. The lowest BCUT2D eigenvalue weighted by atomic mass is 10.1. The van der Waals surface area contributed by atoms with Crippen molar-refractivity contribution >= 4 is 5.91 Å². The minimum atomic E-state index is -0.116. The zero-order chi connectivity index (χ0) is 18.1. The van der Waals surface area contributed by atoms with Gasteiger partial charge in [0.1, 0.15) is 17.3 Å². The highest BCUT2D eigenvalue weighted by molar-refractivity contribution is 5.94. The molecule has 3 aromatic rings. The third-order valence-corrected chi connectivity index (χ3v) is 5.16. The lowest BCUT2D eigenvalue weighted by Gasteiger charge is -2.17. The van der Waals surface area contributed by atoms with Gasteiger partial charge in [0.05, 0.1) is 0 Å². The van der Waals surface area contributed by atoms with E-state index < -0.39 is 0 Å². The molecule has 4 rings (SSSR count). The lowest BCUT2D eigenvalue weighted by molar-refractivity contribution is 0.0937. The van der Waals surface area contributed by atoms with E-state index in [1.807, 2.05) is 56.6 Å². The minimum Gasteiger partial charge on any atom is -0.350 e. The number of carbonyl (C=O) groups excluding carboxylic acids is 1. The molecule has 1 aliphatic rings. The highest BCUT2D eigenvalue weighted by atomic mass is 16.1. The van der Waals surface area contributed by atoms with Crippen LogP contribution in [0.3, 0.4) is 0 Å². The van der Waals surface area contributed by atoms with Gasteiger partial charge in [-0.3, -0.25) is 4.79 Å². The Morgan fingerprint density at radius 1 is 1.27 bits per heavy atom. The van der Waals surface area contributed by atoms with Gasteiger partial charge in [0.25, 0.3) is 5.91 Å². The van der Waals surface area contributed by atoms with Gasteiger partial charge in [-0.2, -0.15) is 0 Å². The Bertz CT molecular complexity index is 921. The molecule has 0 radical (unpaired) electrons. The van der Waals surface area contributed by atoms with Gasteiger partial charge in [-0.25, -0.2) is 9.97 Å². The van der Waals surface area contributed by atoms with Crippen molar-refractivity contribution in [1.82, 2.24) is 24.8 Å². The van der Waals surface area contributed by atoms with E-state index in [9.17, 15) is 4.79 Å². The molecule has 134 valence electrons. The highest BCUT2D eigenvalue weighted by Crippen LogP contribution is 2.46. The predicted molar refractivity (Wildman–Crippen MR) is 99.7 cm³/mol. The third-order valence-electron chi connectivity index (χ3n) is 5.16. The summed E-state index contributed by atoms with van der Waals surface area (Å²) in [5.41, 5.74) is 2.38. The molecular weight excluding hydrogens is 326 g/mol. The van der Waals surface area contributed by atoms with Gasteiger partial charge in [0, 0.05) is 42.2 Å². The van der Waals surface area contributed by atoms with Crippen LogP contribution in [-0.2, 0) is 6.54 Å². The van der Waals surface area contributed by atoms with Crippen molar-refractivity contribution in [3.8, 4) is 11.4 Å². The summed E-state index contributed by atoms with van der Waals surface area (Å²) in [6, 6.07) is 9.84. The molecule has 0 unspecified atom stereocenters. The van der Waals surface area contributed by atoms with E-state index >= 15 is 0 Å². The van der Waals surface area contributed by atoms with E-state index in [-0.39, 0.29) is 11.3 Å². The van der Waals surface area contributed by atoms with Crippen LogP contribution in [-0.4, -0.2) is 32.0 Å². The zero-order valence-electron chi connectivity index (χ0n) is 15.1. The zero-order valence-corrected chi connectivity index (χ0v) is 15.1. The molecule has 2 N–H and O–H groups in total. The number of imidazole rings is 2. The Balaban J connectivity index is 1.43. The summed E-state index contributed by atoms with van der Waals surface area (Å²) in [4.78, 5) is 24.6. The second-order valence-electron chi connectivity index (χ2n) is 7.21. The number of nitrogens with zero attached hydrogens (tertiary/aromatic N) is 3. The number of nitrogens with one attached hydrogen (secondary N) is 2. The first-order valence-corrected chi connectivity index (χ1v) is 8.94. The van der Waals surface area contributed by atoms with E-state index in [0.29, 0.717) is 12.2 Å². The highest BCUT2D eigenvalue weighted by Gasteiger charge is 2.43. The molecule has 0 saturated heterocycles. The van der Waals surface area contributed by atoms with Gasteiger partial charge in [-0.05, 0) is 26.7 Å². The molecular formula is C20H23N5O. The first-order valence-electron chi connectivity index (χ1n) is 8.94. The second-order valence-corrected chi connectivity index (χ2v) is 7.21. The Morgan fingerprint density at radius 2 is 2.04 bits per heavy atom. The normalized spacial score (nSPS) is 15.0. The molecule has 1 aromatic carbocycles. The number of benzene rings is 1. The van der Waals surface area contributed by atoms with E-state index in [4.69, 9.17) is 0 Å². The Labute approximate surface area is 152 Å². The maximum Gasteiger partial charge on any atom is 0.271 e. The predicted octanol–water partition coefficient (Wildman–Crippen LogP) is 3.10. The fourth-order valence-electron chi connectivity index (χ4n) is 3.27. The average molecular weight is 349 g/mol. The van der Waals surface area contributed by atoms with Crippen molar-refractivity contribution in [2.75, 3.05) is 6.54 Å². The summed E-state index contributed by atoms with van der Waals surface area (Å²) in [6.07, 6.45) is 6.07. The summed E-state index contributed by atoms with van der Waals surface area (Å²) >= 11 is 0. The maximum absolute atomic E-state index is 12.6. The van der Waals surface area contributed by atoms with Crippen LogP contribution in [0.4, 0.5) is 0 Å². The molecule has 1 saturated carbocycles. The van der Waals surface area contributed by atoms with Crippen LogP contribution in [0.25, 0.3) is 11.4 Å². The minimum absolute atomic E-state index is 0.116. The van der Waals surface area contributed by atoms with Crippen LogP contribution in [0, 0.1) is 19.3 Å². The number of H-pyrrole nitrogens is 1. The average Bonchev–Trinajstić information content (AvgIpc) is 3.13. The van der Waals surface area contributed by atoms with Crippen molar-refractivity contribution in [2.45, 2.75) is 33.2 Å². The molecule has 2 aromatic heterocycles. The Kier molecular flexibility index (Phi) is 4.11. The Morgan fingerprint density at radius 3 is 2.69 bits per heavy atom. The summed E-state index contributed by atoms with van der Waals surface area (Å²) in [5, 5.41) is 3.08. The third kappa shape index (κ3) is 3.27. The SMILES string of the molecule is Cc1[nH]c(-c2ccccc2)nc1C(=O)NCC1(Cn2ccnc2C)CC1. The quantitative estimate of drug-likeness (QED) is 0.718. The standard InChI is InChI=1S/C20H23N5O/c1-14-17(24-18(23-14)16-6-4-3-5-7-16)19(26)22-12-20(8-9-20)13-25-11-10-21-15(25)2/h3-7,10-11H,8-9,12-13H2,1-2H3,(H,22,26)(H,23,24). The van der Waals surface area contributed by atoms with Crippen molar-refractivity contribution in [2.24, 2.45) is 5.41 Å². The molecule has 6 heteroatoms. The van der Waals surface area contributed by atoms with E-state index in [2.05, 4.69) is 24.8 Å². The smallest absolute Gasteiger partial charge is 0.271 e. The molecule has 26 heavy (non-hydrogen) atoms. The second kappa shape index (κ2) is 6.44. The van der Waals surface area contributed by atoms with Crippen molar-refractivity contribution in [3.63, 3.8) is 0 Å². The van der Waals surface area contributed by atoms with Crippen molar-refractivity contribution < 1.29 is 4.79 Å².